The van der Waals surface area contributed by atoms with Crippen LogP contribution in [0.25, 0.3) is 27.7 Å². The van der Waals surface area contributed by atoms with Crippen LogP contribution in [0.15, 0.2) is 70.6 Å². The van der Waals surface area contributed by atoms with Crippen LogP contribution in [0, 0.1) is 0 Å². The summed E-state index contributed by atoms with van der Waals surface area (Å²) in [4.78, 5) is 16.9. The zero-order valence-electron chi connectivity index (χ0n) is 17.0. The number of hydrogen-bond acceptors (Lipinski definition) is 6. The van der Waals surface area contributed by atoms with Gasteiger partial charge in [0, 0.05) is 17.1 Å². The highest BCUT2D eigenvalue weighted by atomic mass is 32.2. The summed E-state index contributed by atoms with van der Waals surface area (Å²) in [5, 5.41) is 13.3. The van der Waals surface area contributed by atoms with E-state index in [-0.39, 0.29) is 33.0 Å². The fourth-order valence-corrected chi connectivity index (χ4v) is 4.30. The Morgan fingerprint density at radius 2 is 1.70 bits per heavy atom. The van der Waals surface area contributed by atoms with Crippen molar-refractivity contribution in [3.63, 3.8) is 0 Å². The predicted octanol–water partition coefficient (Wildman–Crippen LogP) is 3.97. The van der Waals surface area contributed by atoms with Crippen LogP contribution in [0.5, 0.6) is 5.75 Å². The Kier molecular flexibility index (Phi) is 5.44. The average molecular weight is 475 g/mol. The van der Waals surface area contributed by atoms with Crippen LogP contribution in [0.4, 0.5) is 13.2 Å². The van der Waals surface area contributed by atoms with Crippen LogP contribution in [0.3, 0.4) is 0 Å². The van der Waals surface area contributed by atoms with E-state index in [0.717, 1.165) is 12.1 Å². The monoisotopic (exact) mass is 475 g/mol. The highest BCUT2D eigenvalue weighted by Crippen LogP contribution is 2.31. The number of fused-ring (bicyclic) bond motifs is 1. The molecule has 0 bridgehead atoms. The van der Waals surface area contributed by atoms with Crippen molar-refractivity contribution in [3.05, 3.63) is 76.8 Å². The lowest BCUT2D eigenvalue weighted by Crippen LogP contribution is -2.25. The molecular weight excluding hydrogens is 459 g/mol. The van der Waals surface area contributed by atoms with Gasteiger partial charge in [-0.25, -0.2) is 13.4 Å². The number of rotatable bonds is 4. The van der Waals surface area contributed by atoms with Crippen LogP contribution in [-0.2, 0) is 16.0 Å². The molecule has 2 aromatic carbocycles. The molecule has 0 fully saturated rings. The lowest BCUT2D eigenvalue weighted by Gasteiger charge is -2.13. The van der Waals surface area contributed by atoms with Crippen LogP contribution in [0.1, 0.15) is 12.5 Å². The van der Waals surface area contributed by atoms with Gasteiger partial charge in [0.2, 0.25) is 0 Å². The summed E-state index contributed by atoms with van der Waals surface area (Å²) < 4.78 is 65.7. The van der Waals surface area contributed by atoms with E-state index in [0.29, 0.717) is 21.9 Å². The number of nitrogens with zero attached hydrogens (tertiary/aromatic N) is 3. The van der Waals surface area contributed by atoms with Gasteiger partial charge >= 0.3 is 6.18 Å². The first-order chi connectivity index (χ1) is 15.5. The number of phenols is 1. The lowest BCUT2D eigenvalue weighted by molar-refractivity contribution is -0.137. The molecule has 33 heavy (non-hydrogen) atoms. The lowest BCUT2D eigenvalue weighted by atomic mass is 10.1. The topological polar surface area (TPSA) is 102 Å². The molecule has 0 unspecified atom stereocenters. The van der Waals surface area contributed by atoms with Gasteiger partial charge in [-0.15, -0.1) is 0 Å². The maximum atomic E-state index is 13.1. The van der Waals surface area contributed by atoms with E-state index in [2.05, 4.69) is 10.1 Å². The molecule has 170 valence electrons. The molecule has 4 rings (SSSR count). The quantitative estimate of drug-likeness (QED) is 0.479. The van der Waals surface area contributed by atoms with E-state index in [1.54, 1.807) is 12.1 Å². The minimum atomic E-state index is -4.66. The van der Waals surface area contributed by atoms with E-state index in [9.17, 15) is 31.5 Å². The van der Waals surface area contributed by atoms with Gasteiger partial charge in [-0.3, -0.25) is 4.79 Å². The number of pyridine rings is 1. The summed E-state index contributed by atoms with van der Waals surface area (Å²) in [5.41, 5.74) is -0.982. The molecular formula is C22H16F3N3O4S. The molecule has 2 heterocycles. The molecule has 0 aliphatic heterocycles. The maximum Gasteiger partial charge on any atom is 0.416 e. The van der Waals surface area contributed by atoms with Crippen molar-refractivity contribution < 1.29 is 26.7 Å². The Bertz CT molecular complexity index is 1530. The number of sulfone groups is 1. The predicted molar refractivity (Wildman–Crippen MR) is 115 cm³/mol. The molecule has 1 N–H and O–H groups in total. The van der Waals surface area contributed by atoms with Crippen LogP contribution >= 0.6 is 0 Å². The van der Waals surface area contributed by atoms with Gasteiger partial charge in [-0.1, -0.05) is 25.1 Å². The normalized spacial score (nSPS) is 12.2. The molecule has 0 aliphatic rings. The molecule has 2 aromatic heterocycles. The van der Waals surface area contributed by atoms with Crippen molar-refractivity contribution in [3.8, 4) is 22.7 Å². The van der Waals surface area contributed by atoms with Crippen molar-refractivity contribution in [1.82, 2.24) is 14.8 Å². The number of phenolic OH excluding ortho intramolecular Hbond substituents is 1. The smallest absolute Gasteiger partial charge is 0.416 e. The minimum absolute atomic E-state index is 0.0230. The molecule has 0 aliphatic carbocycles. The second kappa shape index (κ2) is 8.00. The van der Waals surface area contributed by atoms with E-state index in [1.807, 2.05) is 0 Å². The molecule has 4 aromatic rings. The summed E-state index contributed by atoms with van der Waals surface area (Å²) in [6.45, 7) is 1.42. The first kappa shape index (κ1) is 22.5. The zero-order valence-corrected chi connectivity index (χ0v) is 17.9. The number of benzene rings is 2. The van der Waals surface area contributed by atoms with Gasteiger partial charge in [0.15, 0.2) is 15.7 Å². The standard InChI is InChI=1S/C22H16F3N3O4S/c1-2-33(31,32)19-9-15(13-4-7-17(29)8-5-13)11-26-20(19)28-21(30)18-10-16(22(23,24)25)6-3-14(18)12-27-28/h3-12,29H,2H2,1H3. The van der Waals surface area contributed by atoms with Gasteiger partial charge in [0.1, 0.15) is 10.6 Å². The number of halogens is 3. The van der Waals surface area contributed by atoms with E-state index in [1.165, 1.54) is 37.5 Å². The number of aromatic hydroxyl groups is 1. The fourth-order valence-electron chi connectivity index (χ4n) is 3.26. The largest absolute Gasteiger partial charge is 0.508 e. The second-order valence-electron chi connectivity index (χ2n) is 7.16. The van der Waals surface area contributed by atoms with Crippen molar-refractivity contribution in [1.29, 1.82) is 0 Å². The van der Waals surface area contributed by atoms with Gasteiger partial charge < -0.3 is 5.11 Å². The highest BCUT2D eigenvalue weighted by molar-refractivity contribution is 7.91. The number of hydrogen-bond donors (Lipinski definition) is 1. The Morgan fingerprint density at radius 1 is 1.00 bits per heavy atom. The third-order valence-corrected chi connectivity index (χ3v) is 6.80. The molecule has 0 radical (unpaired) electrons. The van der Waals surface area contributed by atoms with Crippen LogP contribution in [-0.4, -0.2) is 34.0 Å². The zero-order chi connectivity index (χ0) is 24.0. The van der Waals surface area contributed by atoms with E-state index in [4.69, 9.17) is 0 Å². The molecule has 7 nitrogen and oxygen atoms in total. The summed E-state index contributed by atoms with van der Waals surface area (Å²) in [6, 6.07) is 9.96. The molecule has 0 saturated heterocycles. The Balaban J connectivity index is 1.97. The molecule has 0 atom stereocenters. The summed E-state index contributed by atoms with van der Waals surface area (Å²) in [6.07, 6.45) is -2.16. The summed E-state index contributed by atoms with van der Waals surface area (Å²) in [5.74, 6) is -0.597. The Hall–Kier alpha value is -3.73. The first-order valence-electron chi connectivity index (χ1n) is 9.63. The number of aromatic nitrogens is 3. The van der Waals surface area contributed by atoms with Crippen molar-refractivity contribution in [2.45, 2.75) is 18.0 Å². The van der Waals surface area contributed by atoms with Crippen molar-refractivity contribution in [2.75, 3.05) is 5.75 Å². The molecule has 0 saturated carbocycles. The highest BCUT2D eigenvalue weighted by Gasteiger charge is 2.31. The maximum absolute atomic E-state index is 13.1. The summed E-state index contributed by atoms with van der Waals surface area (Å²) in [7, 11) is -3.91. The van der Waals surface area contributed by atoms with Gasteiger partial charge in [-0.2, -0.15) is 23.0 Å². The molecule has 0 amide bonds. The van der Waals surface area contributed by atoms with E-state index < -0.39 is 27.1 Å². The van der Waals surface area contributed by atoms with E-state index >= 15 is 0 Å². The Labute approximate surface area is 185 Å². The van der Waals surface area contributed by atoms with Gasteiger partial charge in [0.25, 0.3) is 5.56 Å². The van der Waals surface area contributed by atoms with Gasteiger partial charge in [-0.05, 0) is 35.9 Å². The SMILES string of the molecule is CCS(=O)(=O)c1cc(-c2ccc(O)cc2)cnc1-n1ncc2ccc(C(F)(F)F)cc2c1=O. The van der Waals surface area contributed by atoms with Crippen LogP contribution < -0.4 is 5.56 Å². The minimum Gasteiger partial charge on any atom is -0.508 e. The van der Waals surface area contributed by atoms with Crippen molar-refractivity contribution in [2.24, 2.45) is 0 Å². The third-order valence-electron chi connectivity index (χ3n) is 5.06. The molecule has 0 spiro atoms. The number of alkyl halides is 3. The van der Waals surface area contributed by atoms with Crippen molar-refractivity contribution >= 4 is 20.6 Å². The second-order valence-corrected chi connectivity index (χ2v) is 9.40. The van der Waals surface area contributed by atoms with Gasteiger partial charge in [0.05, 0.1) is 22.9 Å². The fraction of sp³-hybridized carbons (Fsp3) is 0.136. The Morgan fingerprint density at radius 3 is 2.33 bits per heavy atom. The summed E-state index contributed by atoms with van der Waals surface area (Å²) >= 11 is 0. The van der Waals surface area contributed by atoms with Crippen LogP contribution in [0.2, 0.25) is 0 Å². The average Bonchev–Trinajstić information content (AvgIpc) is 2.79. The third kappa shape index (κ3) is 4.19. The molecule has 11 heteroatoms. The first-order valence-corrected chi connectivity index (χ1v) is 11.3.